The second-order valence-corrected chi connectivity index (χ2v) is 8.27. The maximum absolute atomic E-state index is 13.1. The van der Waals surface area contributed by atoms with Crippen molar-refractivity contribution >= 4 is 5.78 Å². The SMILES string of the molecule is O=C(CC(c1ccccc1)C1CCCC1N1CCCCC1)c1ccccc1. The number of ketones is 1. The first-order valence-electron chi connectivity index (χ1n) is 10.7. The summed E-state index contributed by atoms with van der Waals surface area (Å²) in [6, 6.07) is 21.3. The molecule has 27 heavy (non-hydrogen) atoms. The number of Topliss-reactive ketones (excluding diaryl/α,β-unsaturated/α-hetero) is 1. The summed E-state index contributed by atoms with van der Waals surface area (Å²) in [5, 5.41) is 0. The van der Waals surface area contributed by atoms with Crippen LogP contribution in [0.4, 0.5) is 0 Å². The van der Waals surface area contributed by atoms with Gasteiger partial charge in [0, 0.05) is 18.0 Å². The first-order chi connectivity index (χ1) is 13.3. The van der Waals surface area contributed by atoms with E-state index in [1.165, 1.54) is 57.2 Å². The summed E-state index contributed by atoms with van der Waals surface area (Å²) < 4.78 is 0. The Morgan fingerprint density at radius 2 is 1.52 bits per heavy atom. The summed E-state index contributed by atoms with van der Waals surface area (Å²) in [7, 11) is 0. The second kappa shape index (κ2) is 8.84. The standard InChI is InChI=1S/C25H31NO/c27-25(21-13-6-2-7-14-21)19-23(20-11-4-1-5-12-20)22-15-10-16-24(22)26-17-8-3-9-18-26/h1-2,4-7,11-14,22-24H,3,8-10,15-19H2. The number of rotatable bonds is 6. The highest BCUT2D eigenvalue weighted by atomic mass is 16.1. The van der Waals surface area contributed by atoms with E-state index in [4.69, 9.17) is 0 Å². The molecule has 1 aliphatic carbocycles. The topological polar surface area (TPSA) is 20.3 Å². The second-order valence-electron chi connectivity index (χ2n) is 8.27. The fourth-order valence-electron chi connectivity index (χ4n) is 5.30. The monoisotopic (exact) mass is 361 g/mol. The Labute approximate surface area is 163 Å². The van der Waals surface area contributed by atoms with Crippen molar-refractivity contribution in [1.82, 2.24) is 4.90 Å². The molecule has 0 aromatic heterocycles. The van der Waals surface area contributed by atoms with Gasteiger partial charge in [-0.05, 0) is 56.2 Å². The predicted molar refractivity (Wildman–Crippen MR) is 111 cm³/mol. The van der Waals surface area contributed by atoms with E-state index in [2.05, 4.69) is 35.2 Å². The summed E-state index contributed by atoms with van der Waals surface area (Å²) in [6.45, 7) is 2.49. The highest BCUT2D eigenvalue weighted by molar-refractivity contribution is 5.96. The average Bonchev–Trinajstić information content (AvgIpc) is 3.23. The number of hydrogen-bond donors (Lipinski definition) is 0. The van der Waals surface area contributed by atoms with Gasteiger partial charge in [0.1, 0.15) is 0 Å². The first kappa shape index (κ1) is 18.4. The Bertz CT molecular complexity index is 721. The van der Waals surface area contributed by atoms with Gasteiger partial charge in [-0.1, -0.05) is 73.5 Å². The number of carbonyl (C=O) groups excluding carboxylic acids is 1. The van der Waals surface area contributed by atoms with Crippen molar-refractivity contribution in [3.05, 3.63) is 71.8 Å². The maximum Gasteiger partial charge on any atom is 0.163 e. The van der Waals surface area contributed by atoms with Crippen LogP contribution in [0, 0.1) is 5.92 Å². The number of nitrogens with zero attached hydrogens (tertiary/aromatic N) is 1. The third kappa shape index (κ3) is 4.32. The zero-order valence-corrected chi connectivity index (χ0v) is 16.2. The molecule has 2 aromatic carbocycles. The summed E-state index contributed by atoms with van der Waals surface area (Å²) in [5.74, 6) is 1.21. The fourth-order valence-corrected chi connectivity index (χ4v) is 5.30. The van der Waals surface area contributed by atoms with Crippen LogP contribution in [-0.4, -0.2) is 29.8 Å². The molecule has 3 unspecified atom stereocenters. The van der Waals surface area contributed by atoms with E-state index >= 15 is 0 Å². The number of carbonyl (C=O) groups is 1. The van der Waals surface area contributed by atoms with E-state index in [1.54, 1.807) is 0 Å². The largest absolute Gasteiger partial charge is 0.300 e. The molecule has 0 N–H and O–H groups in total. The third-order valence-electron chi connectivity index (χ3n) is 6.64. The van der Waals surface area contributed by atoms with Crippen molar-refractivity contribution in [3.8, 4) is 0 Å². The average molecular weight is 362 g/mol. The van der Waals surface area contributed by atoms with E-state index in [-0.39, 0.29) is 5.78 Å². The number of likely N-dealkylation sites (tertiary alicyclic amines) is 1. The quantitative estimate of drug-likeness (QED) is 0.615. The van der Waals surface area contributed by atoms with Gasteiger partial charge >= 0.3 is 0 Å². The van der Waals surface area contributed by atoms with Crippen LogP contribution in [0.2, 0.25) is 0 Å². The summed E-state index contributed by atoms with van der Waals surface area (Å²) >= 11 is 0. The van der Waals surface area contributed by atoms with Crippen LogP contribution in [0.3, 0.4) is 0 Å². The summed E-state index contributed by atoms with van der Waals surface area (Å²) in [4.78, 5) is 15.8. The molecular weight excluding hydrogens is 330 g/mol. The lowest BCUT2D eigenvalue weighted by molar-refractivity contribution is 0.0919. The first-order valence-corrected chi connectivity index (χ1v) is 10.7. The van der Waals surface area contributed by atoms with Crippen LogP contribution in [0.1, 0.15) is 66.8 Å². The Hall–Kier alpha value is -1.93. The van der Waals surface area contributed by atoms with Gasteiger partial charge in [0.05, 0.1) is 0 Å². The number of hydrogen-bond acceptors (Lipinski definition) is 2. The molecule has 4 rings (SSSR count). The molecule has 0 spiro atoms. The number of benzene rings is 2. The zero-order chi connectivity index (χ0) is 18.5. The van der Waals surface area contributed by atoms with Crippen LogP contribution in [0.25, 0.3) is 0 Å². The molecule has 2 heteroatoms. The van der Waals surface area contributed by atoms with Crippen LogP contribution < -0.4 is 0 Å². The van der Waals surface area contributed by atoms with E-state index in [0.717, 1.165) is 5.56 Å². The van der Waals surface area contributed by atoms with Crippen molar-refractivity contribution in [3.63, 3.8) is 0 Å². The van der Waals surface area contributed by atoms with Gasteiger partial charge in [0.2, 0.25) is 0 Å². The molecule has 2 fully saturated rings. The molecule has 142 valence electrons. The Morgan fingerprint density at radius 3 is 2.22 bits per heavy atom. The lowest BCUT2D eigenvalue weighted by Gasteiger charge is -2.39. The van der Waals surface area contributed by atoms with Crippen LogP contribution in [-0.2, 0) is 0 Å². The van der Waals surface area contributed by atoms with E-state index in [9.17, 15) is 4.79 Å². The van der Waals surface area contributed by atoms with E-state index in [1.807, 2.05) is 30.3 Å². The predicted octanol–water partition coefficient (Wildman–Crippen LogP) is 5.70. The summed E-state index contributed by atoms with van der Waals surface area (Å²) in [5.41, 5.74) is 2.20. The van der Waals surface area contributed by atoms with Crippen LogP contribution in [0.15, 0.2) is 60.7 Å². The van der Waals surface area contributed by atoms with Gasteiger partial charge in [-0.3, -0.25) is 4.79 Å². The zero-order valence-electron chi connectivity index (χ0n) is 16.2. The van der Waals surface area contributed by atoms with Crippen molar-refractivity contribution in [2.75, 3.05) is 13.1 Å². The van der Waals surface area contributed by atoms with Gasteiger partial charge in [-0.15, -0.1) is 0 Å². The minimum atomic E-state index is 0.286. The molecule has 2 aromatic rings. The van der Waals surface area contributed by atoms with Crippen molar-refractivity contribution < 1.29 is 4.79 Å². The van der Waals surface area contributed by atoms with Crippen LogP contribution in [0.5, 0.6) is 0 Å². The molecule has 2 aliphatic rings. The van der Waals surface area contributed by atoms with Crippen molar-refractivity contribution in [1.29, 1.82) is 0 Å². The van der Waals surface area contributed by atoms with E-state index in [0.29, 0.717) is 24.3 Å². The van der Waals surface area contributed by atoms with Crippen molar-refractivity contribution in [2.45, 2.75) is 56.9 Å². The normalized spacial score (nSPS) is 24.6. The molecule has 1 saturated heterocycles. The van der Waals surface area contributed by atoms with Gasteiger partial charge in [-0.25, -0.2) is 0 Å². The molecular formula is C25H31NO. The highest BCUT2D eigenvalue weighted by Gasteiger charge is 2.38. The molecule has 1 aliphatic heterocycles. The van der Waals surface area contributed by atoms with Crippen LogP contribution >= 0.6 is 0 Å². The Morgan fingerprint density at radius 1 is 0.852 bits per heavy atom. The van der Waals surface area contributed by atoms with E-state index < -0.39 is 0 Å². The fraction of sp³-hybridized carbons (Fsp3) is 0.480. The van der Waals surface area contributed by atoms with Gasteiger partial charge in [0.25, 0.3) is 0 Å². The molecule has 0 amide bonds. The third-order valence-corrected chi connectivity index (χ3v) is 6.64. The highest BCUT2D eigenvalue weighted by Crippen LogP contribution is 2.43. The van der Waals surface area contributed by atoms with Gasteiger partial charge < -0.3 is 4.90 Å². The molecule has 0 bridgehead atoms. The van der Waals surface area contributed by atoms with Gasteiger partial charge in [-0.2, -0.15) is 0 Å². The lowest BCUT2D eigenvalue weighted by Crippen LogP contribution is -2.43. The minimum absolute atomic E-state index is 0.286. The van der Waals surface area contributed by atoms with Gasteiger partial charge in [0.15, 0.2) is 5.78 Å². The lowest BCUT2D eigenvalue weighted by atomic mass is 9.78. The molecule has 2 nitrogen and oxygen atoms in total. The maximum atomic E-state index is 13.1. The molecule has 0 radical (unpaired) electrons. The molecule has 1 saturated carbocycles. The number of piperidine rings is 1. The minimum Gasteiger partial charge on any atom is -0.300 e. The van der Waals surface area contributed by atoms with Crippen molar-refractivity contribution in [2.24, 2.45) is 5.92 Å². The summed E-state index contributed by atoms with van der Waals surface area (Å²) in [6.07, 6.45) is 8.53. The Balaban J connectivity index is 1.58. The molecule has 1 heterocycles. The smallest absolute Gasteiger partial charge is 0.163 e. The molecule has 3 atom stereocenters. The Kier molecular flexibility index (Phi) is 6.03.